The monoisotopic (exact) mass is 204 g/mol. The molecule has 1 amide bonds. The van der Waals surface area contributed by atoms with E-state index in [1.165, 1.54) is 12.8 Å². The molecule has 1 aromatic rings. The van der Waals surface area contributed by atoms with Crippen molar-refractivity contribution < 1.29 is 4.79 Å². The number of carbonyl (C=O) groups excluding carboxylic acids is 1. The number of hydrogen-bond acceptors (Lipinski definition) is 2. The molecule has 1 aromatic carbocycles. The second kappa shape index (κ2) is 4.34. The molecule has 0 radical (unpaired) electrons. The third kappa shape index (κ3) is 3.27. The highest BCUT2D eigenvalue weighted by atomic mass is 16.1. The van der Waals surface area contributed by atoms with Crippen molar-refractivity contribution >= 4 is 17.3 Å². The normalized spacial score (nSPS) is 14.9. The van der Waals surface area contributed by atoms with Gasteiger partial charge in [-0.15, -0.1) is 0 Å². The molecule has 3 nitrogen and oxygen atoms in total. The Labute approximate surface area is 89.7 Å². The topological polar surface area (TPSA) is 55.1 Å². The lowest BCUT2D eigenvalue weighted by Crippen LogP contribution is -2.11. The number of anilines is 2. The maximum atomic E-state index is 11.5. The molecule has 80 valence electrons. The Morgan fingerprint density at radius 2 is 2.00 bits per heavy atom. The zero-order valence-corrected chi connectivity index (χ0v) is 8.70. The average molecular weight is 204 g/mol. The first-order valence-electron chi connectivity index (χ1n) is 5.39. The lowest BCUT2D eigenvalue weighted by molar-refractivity contribution is -0.116. The molecule has 0 saturated heterocycles. The Morgan fingerprint density at radius 1 is 1.33 bits per heavy atom. The third-order valence-electron chi connectivity index (χ3n) is 2.67. The van der Waals surface area contributed by atoms with Crippen LogP contribution < -0.4 is 11.1 Å². The van der Waals surface area contributed by atoms with Crippen LogP contribution in [0.2, 0.25) is 0 Å². The Kier molecular flexibility index (Phi) is 2.90. The van der Waals surface area contributed by atoms with Crippen molar-refractivity contribution in [2.45, 2.75) is 25.7 Å². The van der Waals surface area contributed by atoms with Gasteiger partial charge in [-0.2, -0.15) is 0 Å². The molecular weight excluding hydrogens is 188 g/mol. The standard InChI is InChI=1S/C12H16N2O/c13-10-4-6-11(7-5-10)14-12(15)8-3-9-1-2-9/h4-7,9H,1-3,8,13H2,(H,14,15). The summed E-state index contributed by atoms with van der Waals surface area (Å²) in [4.78, 5) is 11.5. The van der Waals surface area contributed by atoms with E-state index < -0.39 is 0 Å². The Hall–Kier alpha value is -1.51. The summed E-state index contributed by atoms with van der Waals surface area (Å²) in [5, 5.41) is 2.86. The summed E-state index contributed by atoms with van der Waals surface area (Å²) in [6.45, 7) is 0. The van der Waals surface area contributed by atoms with Gasteiger partial charge in [0.1, 0.15) is 0 Å². The fourth-order valence-corrected chi connectivity index (χ4v) is 1.53. The molecule has 0 bridgehead atoms. The number of rotatable bonds is 4. The van der Waals surface area contributed by atoms with Crippen LogP contribution in [-0.4, -0.2) is 5.91 Å². The minimum Gasteiger partial charge on any atom is -0.399 e. The van der Waals surface area contributed by atoms with Gasteiger partial charge in [0, 0.05) is 17.8 Å². The second-order valence-electron chi connectivity index (χ2n) is 4.15. The number of nitrogens with two attached hydrogens (primary N) is 1. The van der Waals surface area contributed by atoms with Gasteiger partial charge < -0.3 is 11.1 Å². The first-order chi connectivity index (χ1) is 7.24. The fourth-order valence-electron chi connectivity index (χ4n) is 1.53. The minimum atomic E-state index is 0.103. The Morgan fingerprint density at radius 3 is 2.60 bits per heavy atom. The summed E-state index contributed by atoms with van der Waals surface area (Å²) in [7, 11) is 0. The van der Waals surface area contributed by atoms with Gasteiger partial charge in [-0.25, -0.2) is 0 Å². The van der Waals surface area contributed by atoms with E-state index in [4.69, 9.17) is 5.73 Å². The van der Waals surface area contributed by atoms with Crippen molar-refractivity contribution in [1.29, 1.82) is 0 Å². The predicted octanol–water partition coefficient (Wildman–Crippen LogP) is 2.40. The largest absolute Gasteiger partial charge is 0.399 e. The SMILES string of the molecule is Nc1ccc(NC(=O)CCC2CC2)cc1. The van der Waals surface area contributed by atoms with E-state index in [9.17, 15) is 4.79 Å². The molecular formula is C12H16N2O. The van der Waals surface area contributed by atoms with Crippen molar-refractivity contribution in [3.8, 4) is 0 Å². The van der Waals surface area contributed by atoms with E-state index in [0.29, 0.717) is 12.1 Å². The number of benzene rings is 1. The smallest absolute Gasteiger partial charge is 0.224 e. The molecule has 0 aromatic heterocycles. The number of amides is 1. The average Bonchev–Trinajstić information content (AvgIpc) is 3.02. The van der Waals surface area contributed by atoms with Gasteiger partial charge >= 0.3 is 0 Å². The first kappa shape index (κ1) is 10.0. The van der Waals surface area contributed by atoms with Crippen LogP contribution >= 0.6 is 0 Å². The van der Waals surface area contributed by atoms with E-state index in [-0.39, 0.29) is 5.91 Å². The van der Waals surface area contributed by atoms with Gasteiger partial charge in [-0.3, -0.25) is 4.79 Å². The maximum Gasteiger partial charge on any atom is 0.224 e. The van der Waals surface area contributed by atoms with Crippen molar-refractivity contribution in [1.82, 2.24) is 0 Å². The molecule has 1 fully saturated rings. The molecule has 3 N–H and O–H groups in total. The maximum absolute atomic E-state index is 11.5. The lowest BCUT2D eigenvalue weighted by atomic mass is 10.2. The molecule has 0 aliphatic heterocycles. The highest BCUT2D eigenvalue weighted by Gasteiger charge is 2.21. The summed E-state index contributed by atoms with van der Waals surface area (Å²) in [5.74, 6) is 0.911. The molecule has 2 rings (SSSR count). The third-order valence-corrected chi connectivity index (χ3v) is 2.67. The van der Waals surface area contributed by atoms with Crippen LogP contribution in [0.1, 0.15) is 25.7 Å². The van der Waals surface area contributed by atoms with Crippen LogP contribution in [0.5, 0.6) is 0 Å². The van der Waals surface area contributed by atoms with Crippen LogP contribution in [0.15, 0.2) is 24.3 Å². The molecule has 15 heavy (non-hydrogen) atoms. The Balaban J connectivity index is 1.79. The summed E-state index contributed by atoms with van der Waals surface area (Å²) >= 11 is 0. The zero-order valence-electron chi connectivity index (χ0n) is 8.70. The van der Waals surface area contributed by atoms with Gasteiger partial charge in [-0.1, -0.05) is 12.8 Å². The molecule has 1 aliphatic carbocycles. The van der Waals surface area contributed by atoms with Crippen LogP contribution in [-0.2, 0) is 4.79 Å². The number of nitrogen functional groups attached to an aromatic ring is 1. The van der Waals surface area contributed by atoms with E-state index in [0.717, 1.165) is 18.0 Å². The van der Waals surface area contributed by atoms with Gasteiger partial charge in [-0.05, 0) is 36.6 Å². The molecule has 0 unspecified atom stereocenters. The fraction of sp³-hybridized carbons (Fsp3) is 0.417. The molecule has 1 saturated carbocycles. The number of hydrogen-bond donors (Lipinski definition) is 2. The highest BCUT2D eigenvalue weighted by Crippen LogP contribution is 2.33. The van der Waals surface area contributed by atoms with Crippen LogP contribution in [0.3, 0.4) is 0 Å². The van der Waals surface area contributed by atoms with Crippen molar-refractivity contribution in [3.63, 3.8) is 0 Å². The van der Waals surface area contributed by atoms with Gasteiger partial charge in [0.05, 0.1) is 0 Å². The molecule has 1 aliphatic rings. The number of carbonyl (C=O) groups is 1. The van der Waals surface area contributed by atoms with Crippen molar-refractivity contribution in [2.75, 3.05) is 11.1 Å². The summed E-state index contributed by atoms with van der Waals surface area (Å²) < 4.78 is 0. The van der Waals surface area contributed by atoms with Gasteiger partial charge in [0.15, 0.2) is 0 Å². The van der Waals surface area contributed by atoms with Crippen LogP contribution in [0.25, 0.3) is 0 Å². The quantitative estimate of drug-likeness (QED) is 0.740. The molecule has 0 atom stereocenters. The molecule has 3 heteroatoms. The van der Waals surface area contributed by atoms with Gasteiger partial charge in [0.2, 0.25) is 5.91 Å². The summed E-state index contributed by atoms with van der Waals surface area (Å²) in [6.07, 6.45) is 4.26. The second-order valence-corrected chi connectivity index (χ2v) is 4.15. The van der Waals surface area contributed by atoms with E-state index in [1.54, 1.807) is 12.1 Å². The minimum absolute atomic E-state index is 0.103. The van der Waals surface area contributed by atoms with Crippen molar-refractivity contribution in [2.24, 2.45) is 5.92 Å². The predicted molar refractivity (Wildman–Crippen MR) is 61.4 cm³/mol. The molecule has 0 spiro atoms. The van der Waals surface area contributed by atoms with Crippen molar-refractivity contribution in [3.05, 3.63) is 24.3 Å². The van der Waals surface area contributed by atoms with Crippen LogP contribution in [0.4, 0.5) is 11.4 Å². The van der Waals surface area contributed by atoms with E-state index in [1.807, 2.05) is 12.1 Å². The lowest BCUT2D eigenvalue weighted by Gasteiger charge is -2.04. The zero-order chi connectivity index (χ0) is 10.7. The van der Waals surface area contributed by atoms with Crippen LogP contribution in [0, 0.1) is 5.92 Å². The van der Waals surface area contributed by atoms with E-state index >= 15 is 0 Å². The summed E-state index contributed by atoms with van der Waals surface area (Å²) in [6, 6.07) is 7.22. The van der Waals surface area contributed by atoms with E-state index in [2.05, 4.69) is 5.32 Å². The first-order valence-corrected chi connectivity index (χ1v) is 5.39. The highest BCUT2D eigenvalue weighted by molar-refractivity contribution is 5.90. The molecule has 0 heterocycles. The Bertz CT molecular complexity index is 341. The summed E-state index contributed by atoms with van der Waals surface area (Å²) in [5.41, 5.74) is 7.09. The number of nitrogens with one attached hydrogen (secondary N) is 1. The van der Waals surface area contributed by atoms with Gasteiger partial charge in [0.25, 0.3) is 0 Å².